The van der Waals surface area contributed by atoms with Gasteiger partial charge in [-0.15, -0.1) is 60.1 Å². The van der Waals surface area contributed by atoms with E-state index in [-0.39, 0.29) is 5.92 Å². The highest BCUT2D eigenvalue weighted by Gasteiger charge is 2.44. The summed E-state index contributed by atoms with van der Waals surface area (Å²) in [5, 5.41) is 11.7. The van der Waals surface area contributed by atoms with Crippen LogP contribution in [0.5, 0.6) is 0 Å². The summed E-state index contributed by atoms with van der Waals surface area (Å²) in [5.74, 6) is 0.643. The Bertz CT molecular complexity index is 4080. The predicted octanol–water partition coefficient (Wildman–Crippen LogP) is -35.4. The lowest BCUT2D eigenvalue weighted by Crippen LogP contribution is -2.56. The molecule has 1 aliphatic heterocycles. The average Bonchev–Trinajstić information content (AvgIpc) is 3.79. The van der Waals surface area contributed by atoms with Crippen molar-refractivity contribution in [2.75, 3.05) is 0 Å². The van der Waals surface area contributed by atoms with E-state index >= 15 is 0 Å². The molecule has 0 saturated carbocycles. The molecule has 0 radical (unpaired) electrons. The number of benzene rings is 8. The molecule has 2 unspecified atom stereocenters. The van der Waals surface area contributed by atoms with Crippen LogP contribution in [0, 0.1) is 0 Å². The minimum Gasteiger partial charge on any atom is -0.120 e. The quantitative estimate of drug-likeness (QED) is 0.122. The van der Waals surface area contributed by atoms with E-state index in [4.69, 9.17) is 0 Å². The van der Waals surface area contributed by atoms with Crippen molar-refractivity contribution in [2.45, 2.75) is 11.7 Å². The Hall–Kier alpha value is -3.84. The predicted molar refractivity (Wildman–Crippen MR) is 431 cm³/mol. The first-order valence-corrected chi connectivity index (χ1v) is 28.5. The molecule has 2 atom stereocenters. The molecule has 10 rings (SSSR count). The molecule has 1 aliphatic carbocycles. The van der Waals surface area contributed by atoms with Crippen molar-refractivity contribution in [3.8, 4) is 22.3 Å². The summed E-state index contributed by atoms with van der Waals surface area (Å²) in [4.78, 5) is 0. The zero-order valence-electron chi connectivity index (χ0n) is 51.9. The van der Waals surface area contributed by atoms with Crippen molar-refractivity contribution in [1.29, 1.82) is 0 Å². The first-order valence-electron chi connectivity index (χ1n) is 28.5. The first kappa shape index (κ1) is 54.5. The van der Waals surface area contributed by atoms with E-state index in [0.29, 0.717) is 5.82 Å². The number of rotatable bonds is 3. The summed E-state index contributed by atoms with van der Waals surface area (Å²) in [6.45, 7) is 0. The third-order valence-electron chi connectivity index (χ3n) is 22.7. The Morgan fingerprint density at radius 1 is 0.213 bits per heavy atom. The molecule has 0 bridgehead atoms. The lowest BCUT2D eigenvalue weighted by molar-refractivity contribution is 0.882. The van der Waals surface area contributed by atoms with Crippen LogP contribution < -0.4 is 142 Å². The largest absolute Gasteiger partial charge is 0.164 e. The van der Waals surface area contributed by atoms with E-state index in [1.165, 1.54) is 218 Å². The third-order valence-corrected chi connectivity index (χ3v) is 22.7. The Labute approximate surface area is 475 Å². The molecule has 0 saturated heterocycles. The van der Waals surface area contributed by atoms with E-state index in [1.54, 1.807) is 22.1 Å². The molecule has 0 nitrogen and oxygen atoms in total. The van der Waals surface area contributed by atoms with E-state index < -0.39 is 0 Å². The molecular weight excluding hydrogens is 866 g/mol. The van der Waals surface area contributed by atoms with Crippen LogP contribution in [0.3, 0.4) is 0 Å². The Morgan fingerprint density at radius 3 is 0.880 bits per heavy atom. The number of hydrogen-bond acceptors (Lipinski definition) is 0. The van der Waals surface area contributed by atoms with Crippen LogP contribution >= 0.6 is 0 Å². The fraction of sp³-hybridized carbons (Fsp3) is 0.0435. The van der Waals surface area contributed by atoms with Crippen LogP contribution in [0.25, 0.3) is 70.9 Å². The Kier molecular flexibility index (Phi) is 13.4. The van der Waals surface area contributed by atoms with Crippen molar-refractivity contribution in [1.82, 2.24) is 0 Å². The van der Waals surface area contributed by atoms with Gasteiger partial charge in [-0.3, -0.25) is 0 Å². The number of hydrogen-bond donors (Lipinski definition) is 0. The van der Waals surface area contributed by atoms with E-state index in [0.717, 1.165) is 7.28 Å². The molecule has 29 heteroatoms. The Morgan fingerprint density at radius 2 is 0.480 bits per heavy atom. The van der Waals surface area contributed by atoms with Gasteiger partial charge < -0.3 is 0 Å². The summed E-state index contributed by atoms with van der Waals surface area (Å²) < 4.78 is 0. The molecule has 330 valence electrons. The maximum absolute atomic E-state index is 2.50. The van der Waals surface area contributed by atoms with Crippen molar-refractivity contribution in [3.63, 3.8) is 0 Å². The highest BCUT2D eigenvalue weighted by atomic mass is 14.4. The van der Waals surface area contributed by atoms with Crippen LogP contribution in [0.4, 0.5) is 0 Å². The molecule has 2 aliphatic rings. The van der Waals surface area contributed by atoms with E-state index in [2.05, 4.69) is 220 Å². The summed E-state index contributed by atoms with van der Waals surface area (Å²) >= 11 is 0. The van der Waals surface area contributed by atoms with Gasteiger partial charge in [-0.2, -0.15) is 0 Å². The van der Waals surface area contributed by atoms with Crippen LogP contribution in [0.15, 0.2) is 16.4 Å². The van der Waals surface area contributed by atoms with Gasteiger partial charge in [-0.1, -0.05) is 104 Å². The summed E-state index contributed by atoms with van der Waals surface area (Å²) in [6, 6.07) is 0. The second kappa shape index (κ2) is 18.4. The molecule has 0 N–H and O–H groups in total. The average molecular weight is 926 g/mol. The minimum absolute atomic E-state index is 0.246. The lowest BCUT2D eigenvalue weighted by atomic mass is 9.47. The molecule has 8 aromatic carbocycles. The zero-order valence-corrected chi connectivity index (χ0v) is 51.9. The Balaban J connectivity index is 1.44. The van der Waals surface area contributed by atoms with Gasteiger partial charge in [-0.05, 0) is 82.3 Å². The van der Waals surface area contributed by atoms with Gasteiger partial charge in [0.1, 0.15) is 220 Å². The molecule has 8 aromatic rings. The van der Waals surface area contributed by atoms with Crippen molar-refractivity contribution < 1.29 is 0 Å². The first-order chi connectivity index (χ1) is 35.0. The van der Waals surface area contributed by atoms with Gasteiger partial charge in [-0.25, -0.2) is 0 Å². The highest BCUT2D eigenvalue weighted by Crippen LogP contribution is 2.54. The van der Waals surface area contributed by atoms with Crippen LogP contribution in [-0.2, 0) is 0 Å². The molecule has 1 heterocycles. The SMILES string of the molecule is BC1=C(B)C2Bc3c(c(B)c4c(B)c(B)c(B)c(B)c4c3B)C2C(c2c3c(B)c(B)c(B)c(B)c3c(-c3c(B)c(B)c4c(B)c(-c5c(B)c(B)c(B)c(B)c5B)c(B)c(B)c4c3B)c3c(B)c(B)c(B)c(B)c23)=C1B. The van der Waals surface area contributed by atoms with Crippen molar-refractivity contribution in [2.24, 2.45) is 0 Å². The van der Waals surface area contributed by atoms with Gasteiger partial charge in [0.05, 0.1) is 0 Å². The number of fused-ring (bicyclic) bond motifs is 7. The molecule has 0 spiro atoms. The van der Waals surface area contributed by atoms with Crippen LogP contribution in [-0.4, -0.2) is 227 Å². The highest BCUT2D eigenvalue weighted by molar-refractivity contribution is 6.78. The van der Waals surface area contributed by atoms with Gasteiger partial charge in [0.25, 0.3) is 0 Å². The molecule has 0 aromatic heterocycles. The second-order valence-electron chi connectivity index (χ2n) is 25.0. The van der Waals surface area contributed by atoms with Crippen molar-refractivity contribution in [3.05, 3.63) is 27.5 Å². The summed E-state index contributed by atoms with van der Waals surface area (Å²) in [6.07, 6.45) is 0. The fourth-order valence-electron chi connectivity index (χ4n) is 16.4. The van der Waals surface area contributed by atoms with Crippen LogP contribution in [0.1, 0.15) is 17.0 Å². The smallest absolute Gasteiger partial charge is 0.120 e. The molecule has 75 heavy (non-hydrogen) atoms. The van der Waals surface area contributed by atoms with Crippen LogP contribution in [0.2, 0.25) is 5.82 Å². The topological polar surface area (TPSA) is 0 Å². The van der Waals surface area contributed by atoms with E-state index in [9.17, 15) is 0 Å². The second-order valence-corrected chi connectivity index (χ2v) is 25.0. The standard InChI is InChI=1S/C46H59B29/c47-17-9(25(55)26(56)11-10(17)27(57)28(58)12(18(11)48)14-30(60)40(70)43(73)41(71)31(14)61)2-5-3(20(50)34(64)36(66)22(5)52)1(4-6(2)23(53)37(67)35(65)21(4)51)7-8-16-19(49)13-15(32(62)39(69)38(68)29(13)59)33(63)46(16)75-45(8)44(74)42(72)24(7)54/h8,45,75H,47-74H2. The van der Waals surface area contributed by atoms with Crippen molar-refractivity contribution >= 4 is 418 Å². The summed E-state index contributed by atoms with van der Waals surface area (Å²) in [5.41, 5.74) is 52.3. The van der Waals surface area contributed by atoms with E-state index in [1.807, 2.05) is 0 Å². The maximum atomic E-state index is 2.50. The fourth-order valence-corrected chi connectivity index (χ4v) is 16.4. The lowest BCUT2D eigenvalue weighted by Gasteiger charge is -2.38. The monoisotopic (exact) mass is 931 g/mol. The molecule has 0 fully saturated rings. The normalized spacial score (nSPS) is 15.4. The third kappa shape index (κ3) is 6.98. The van der Waals surface area contributed by atoms with Gasteiger partial charge >= 0.3 is 0 Å². The maximum Gasteiger partial charge on any atom is 0.164 e. The number of allylic oxidation sites excluding steroid dienone is 4. The summed E-state index contributed by atoms with van der Waals surface area (Å²) in [7, 11) is 68.8. The molecule has 0 amide bonds. The molecular formula is C46H59B29. The van der Waals surface area contributed by atoms with Gasteiger partial charge in [0.15, 0.2) is 7.28 Å². The minimum atomic E-state index is 0.246. The van der Waals surface area contributed by atoms with Gasteiger partial charge in [0.2, 0.25) is 0 Å². The van der Waals surface area contributed by atoms with Gasteiger partial charge in [0, 0.05) is 5.92 Å². The zero-order chi connectivity index (χ0) is 55.3.